The number of aromatic nitrogens is 2. The second-order valence-corrected chi connectivity index (χ2v) is 6.98. The molecule has 0 spiro atoms. The van der Waals surface area contributed by atoms with Crippen LogP contribution in [0.25, 0.3) is 0 Å². The molecular formula is C15H21N3S. The van der Waals surface area contributed by atoms with Crippen molar-refractivity contribution in [2.45, 2.75) is 51.2 Å². The van der Waals surface area contributed by atoms with Gasteiger partial charge in [0.05, 0.1) is 12.0 Å². The molecule has 102 valence electrons. The van der Waals surface area contributed by atoms with Crippen molar-refractivity contribution in [1.29, 1.82) is 0 Å². The second kappa shape index (κ2) is 5.10. The van der Waals surface area contributed by atoms with E-state index in [1.807, 2.05) is 23.9 Å². The van der Waals surface area contributed by atoms with Gasteiger partial charge in [-0.25, -0.2) is 4.98 Å². The topological polar surface area (TPSA) is 29.9 Å². The first kappa shape index (κ1) is 12.9. The third-order valence-corrected chi connectivity index (χ3v) is 4.94. The number of nitrogens with zero attached hydrogens (tertiary/aromatic N) is 2. The van der Waals surface area contributed by atoms with E-state index in [4.69, 9.17) is 0 Å². The minimum absolute atomic E-state index is 0.156. The summed E-state index contributed by atoms with van der Waals surface area (Å²) < 4.78 is 2.29. The van der Waals surface area contributed by atoms with Crippen molar-refractivity contribution in [3.8, 4) is 0 Å². The summed E-state index contributed by atoms with van der Waals surface area (Å²) in [5, 5.41) is 5.72. The maximum atomic E-state index is 4.31. The molecule has 0 unspecified atom stereocenters. The normalized spacial score (nSPS) is 15.9. The van der Waals surface area contributed by atoms with Gasteiger partial charge in [0.15, 0.2) is 0 Å². The molecule has 3 nitrogen and oxygen atoms in total. The molecule has 1 saturated carbocycles. The molecule has 1 aliphatic carbocycles. The average molecular weight is 275 g/mol. The highest BCUT2D eigenvalue weighted by atomic mass is 32.1. The van der Waals surface area contributed by atoms with Crippen LogP contribution in [0.3, 0.4) is 0 Å². The van der Waals surface area contributed by atoms with Gasteiger partial charge in [0, 0.05) is 35.6 Å². The van der Waals surface area contributed by atoms with E-state index in [1.165, 1.54) is 23.4 Å². The predicted molar refractivity (Wildman–Crippen MR) is 79.4 cm³/mol. The number of hydrogen-bond donors (Lipinski definition) is 1. The van der Waals surface area contributed by atoms with E-state index < -0.39 is 0 Å². The van der Waals surface area contributed by atoms with Gasteiger partial charge in [0.1, 0.15) is 0 Å². The summed E-state index contributed by atoms with van der Waals surface area (Å²) in [5.41, 5.74) is 1.44. The maximum Gasteiger partial charge on any atom is 0.0948 e. The van der Waals surface area contributed by atoms with Gasteiger partial charge in [-0.3, -0.25) is 0 Å². The van der Waals surface area contributed by atoms with Crippen molar-refractivity contribution in [2.75, 3.05) is 0 Å². The van der Waals surface area contributed by atoms with Gasteiger partial charge in [-0.15, -0.1) is 11.3 Å². The van der Waals surface area contributed by atoms with Crippen LogP contribution in [0.2, 0.25) is 0 Å². The predicted octanol–water partition coefficient (Wildman–Crippen LogP) is 3.17. The Hall–Kier alpha value is -1.13. The molecule has 0 aromatic carbocycles. The van der Waals surface area contributed by atoms with Crippen LogP contribution in [0.4, 0.5) is 0 Å². The van der Waals surface area contributed by atoms with E-state index in [2.05, 4.69) is 46.2 Å². The summed E-state index contributed by atoms with van der Waals surface area (Å²) in [5.74, 6) is 0. The minimum Gasteiger partial charge on any atom is -0.333 e. The number of imidazole rings is 1. The average Bonchev–Trinajstić information content (AvgIpc) is 2.88. The molecule has 3 rings (SSSR count). The highest BCUT2D eigenvalue weighted by Crippen LogP contribution is 2.29. The Morgan fingerprint density at radius 3 is 3.00 bits per heavy atom. The van der Waals surface area contributed by atoms with Crippen LogP contribution >= 0.6 is 11.3 Å². The molecule has 0 aliphatic heterocycles. The standard InChI is InChI=1S/C15H21N3S/c1-15(2,14-4-3-7-19-14)10-18-11-16-8-13(18)9-17-12-5-6-12/h3-4,7-8,11-12,17H,5-6,9-10H2,1-2H3. The van der Waals surface area contributed by atoms with Gasteiger partial charge in [-0.1, -0.05) is 19.9 Å². The minimum atomic E-state index is 0.156. The highest BCUT2D eigenvalue weighted by Gasteiger charge is 2.24. The molecule has 0 saturated heterocycles. The van der Waals surface area contributed by atoms with E-state index in [0.29, 0.717) is 0 Å². The molecule has 0 bridgehead atoms. The monoisotopic (exact) mass is 275 g/mol. The van der Waals surface area contributed by atoms with Crippen molar-refractivity contribution < 1.29 is 0 Å². The summed E-state index contributed by atoms with van der Waals surface area (Å²) in [4.78, 5) is 5.75. The molecule has 1 aliphatic rings. The van der Waals surface area contributed by atoms with Crippen LogP contribution in [0.15, 0.2) is 30.0 Å². The van der Waals surface area contributed by atoms with Gasteiger partial charge in [0.2, 0.25) is 0 Å². The van der Waals surface area contributed by atoms with Crippen LogP contribution < -0.4 is 5.32 Å². The van der Waals surface area contributed by atoms with Crippen molar-refractivity contribution >= 4 is 11.3 Å². The number of thiophene rings is 1. The number of hydrogen-bond acceptors (Lipinski definition) is 3. The zero-order valence-corrected chi connectivity index (χ0v) is 12.4. The third kappa shape index (κ3) is 3.07. The lowest BCUT2D eigenvalue weighted by Crippen LogP contribution is -2.26. The van der Waals surface area contributed by atoms with Crippen LogP contribution in [0.1, 0.15) is 37.3 Å². The van der Waals surface area contributed by atoms with E-state index >= 15 is 0 Å². The number of rotatable bonds is 6. The van der Waals surface area contributed by atoms with E-state index in [9.17, 15) is 0 Å². The van der Waals surface area contributed by atoms with Gasteiger partial charge >= 0.3 is 0 Å². The maximum absolute atomic E-state index is 4.31. The van der Waals surface area contributed by atoms with Crippen molar-refractivity contribution in [3.05, 3.63) is 40.6 Å². The van der Waals surface area contributed by atoms with Crippen molar-refractivity contribution in [3.63, 3.8) is 0 Å². The quantitative estimate of drug-likeness (QED) is 0.877. The van der Waals surface area contributed by atoms with Crippen LogP contribution in [-0.2, 0) is 18.5 Å². The van der Waals surface area contributed by atoms with Crippen LogP contribution in [-0.4, -0.2) is 15.6 Å². The first-order valence-corrected chi connectivity index (χ1v) is 7.79. The lowest BCUT2D eigenvalue weighted by molar-refractivity contribution is 0.430. The molecular weight excluding hydrogens is 254 g/mol. The fourth-order valence-corrected chi connectivity index (χ4v) is 3.19. The molecule has 1 N–H and O–H groups in total. The molecule has 4 heteroatoms. The smallest absolute Gasteiger partial charge is 0.0948 e. The molecule has 2 aromatic rings. The fraction of sp³-hybridized carbons (Fsp3) is 0.533. The lowest BCUT2D eigenvalue weighted by Gasteiger charge is -2.25. The summed E-state index contributed by atoms with van der Waals surface area (Å²) in [7, 11) is 0. The zero-order valence-electron chi connectivity index (χ0n) is 11.6. The molecule has 2 aromatic heterocycles. The first-order valence-electron chi connectivity index (χ1n) is 6.91. The van der Waals surface area contributed by atoms with E-state index in [-0.39, 0.29) is 5.41 Å². The summed E-state index contributed by atoms with van der Waals surface area (Å²) in [6.45, 7) is 6.52. The molecule has 2 heterocycles. The Balaban J connectivity index is 1.70. The Labute approximate surface area is 118 Å². The number of nitrogens with one attached hydrogen (secondary N) is 1. The SMILES string of the molecule is CC(C)(Cn1cncc1CNC1CC1)c1cccs1. The third-order valence-electron chi connectivity index (χ3n) is 3.70. The Bertz CT molecular complexity index is 523. The molecule has 0 atom stereocenters. The van der Waals surface area contributed by atoms with E-state index in [0.717, 1.165) is 19.1 Å². The molecule has 19 heavy (non-hydrogen) atoms. The Morgan fingerprint density at radius 2 is 2.32 bits per heavy atom. The lowest BCUT2D eigenvalue weighted by atomic mass is 9.91. The van der Waals surface area contributed by atoms with Crippen molar-refractivity contribution in [2.24, 2.45) is 0 Å². The van der Waals surface area contributed by atoms with Gasteiger partial charge < -0.3 is 9.88 Å². The molecule has 0 radical (unpaired) electrons. The largest absolute Gasteiger partial charge is 0.333 e. The van der Waals surface area contributed by atoms with Crippen LogP contribution in [0.5, 0.6) is 0 Å². The summed E-state index contributed by atoms with van der Waals surface area (Å²) in [6, 6.07) is 5.10. The summed E-state index contributed by atoms with van der Waals surface area (Å²) in [6.07, 6.45) is 6.60. The molecule has 1 fully saturated rings. The zero-order chi connectivity index (χ0) is 13.3. The van der Waals surface area contributed by atoms with Gasteiger partial charge in [-0.05, 0) is 24.3 Å². The van der Waals surface area contributed by atoms with Gasteiger partial charge in [0.25, 0.3) is 0 Å². The van der Waals surface area contributed by atoms with Crippen molar-refractivity contribution in [1.82, 2.24) is 14.9 Å². The fourth-order valence-electron chi connectivity index (χ4n) is 2.34. The van der Waals surface area contributed by atoms with Crippen LogP contribution in [0, 0.1) is 0 Å². The first-order chi connectivity index (χ1) is 9.15. The second-order valence-electron chi connectivity index (χ2n) is 6.03. The molecule has 0 amide bonds. The van der Waals surface area contributed by atoms with E-state index in [1.54, 1.807) is 0 Å². The summed E-state index contributed by atoms with van der Waals surface area (Å²) >= 11 is 1.84. The Kier molecular flexibility index (Phi) is 3.46. The Morgan fingerprint density at radius 1 is 1.47 bits per heavy atom. The van der Waals surface area contributed by atoms with Gasteiger partial charge in [-0.2, -0.15) is 0 Å². The highest BCUT2D eigenvalue weighted by molar-refractivity contribution is 7.10.